The van der Waals surface area contributed by atoms with Gasteiger partial charge < -0.3 is 49.4 Å². The summed E-state index contributed by atoms with van der Waals surface area (Å²) in [5, 5.41) is 55.6. The lowest BCUT2D eigenvalue weighted by atomic mass is 9.38. The molecule has 3 fully saturated rings. The molecule has 0 saturated heterocycles. The number of ether oxygens (including phenoxy) is 5. The Hall–Kier alpha value is -6.86. The van der Waals surface area contributed by atoms with Crippen LogP contribution in [-0.2, 0) is 54.0 Å². The molecule has 3 saturated carbocycles. The molecular formula is C72H73NO11S2. The van der Waals surface area contributed by atoms with Gasteiger partial charge in [0.2, 0.25) is 0 Å². The van der Waals surface area contributed by atoms with E-state index in [0.717, 1.165) is 83.8 Å². The number of hydrogen-bond donors (Lipinski definition) is 5. The molecule has 0 amide bonds. The zero-order chi connectivity index (χ0) is 59.0. The molecule has 7 aromatic rings. The van der Waals surface area contributed by atoms with Gasteiger partial charge in [-0.25, -0.2) is 0 Å². The van der Waals surface area contributed by atoms with E-state index in [4.69, 9.17) is 23.7 Å². The van der Waals surface area contributed by atoms with Gasteiger partial charge in [0.1, 0.15) is 18.0 Å². The molecule has 2 heterocycles. The quantitative estimate of drug-likeness (QED) is 0.0626. The van der Waals surface area contributed by atoms with Gasteiger partial charge in [0, 0.05) is 62.3 Å². The van der Waals surface area contributed by atoms with Crippen molar-refractivity contribution in [2.45, 2.75) is 106 Å². The number of aliphatic hydroxyl groups is 1. The number of phenols is 3. The molecule has 12 nitrogen and oxygen atoms in total. The van der Waals surface area contributed by atoms with Crippen LogP contribution in [0.25, 0.3) is 32.7 Å². The third-order valence-electron chi connectivity index (χ3n) is 20.6. The van der Waals surface area contributed by atoms with E-state index < -0.39 is 46.9 Å². The molecule has 11 bridgehead atoms. The topological polar surface area (TPSA) is 173 Å². The summed E-state index contributed by atoms with van der Waals surface area (Å²) >= 11 is 0. The normalized spacial score (nSPS) is 30.3. The highest BCUT2D eigenvalue weighted by molar-refractivity contribution is 8.76. The summed E-state index contributed by atoms with van der Waals surface area (Å²) in [7, 11) is 6.73. The van der Waals surface area contributed by atoms with E-state index in [0.29, 0.717) is 82.1 Å². The molecule has 13 atom stereocenters. The number of nitrogens with one attached hydrogen (secondary N) is 1. The van der Waals surface area contributed by atoms with Crippen molar-refractivity contribution in [2.24, 2.45) is 35.5 Å². The fourth-order valence-corrected chi connectivity index (χ4v) is 19.6. The van der Waals surface area contributed by atoms with Crippen molar-refractivity contribution in [1.29, 1.82) is 0 Å². The molecule has 0 unspecified atom stereocenters. The van der Waals surface area contributed by atoms with E-state index in [2.05, 4.69) is 77.8 Å². The minimum absolute atomic E-state index is 0.00992. The number of aromatic hydroxyl groups is 3. The summed E-state index contributed by atoms with van der Waals surface area (Å²) in [6, 6.07) is 40.9. The highest BCUT2D eigenvalue weighted by Gasteiger charge is 2.67. The maximum absolute atomic E-state index is 16.9. The minimum Gasteiger partial charge on any atom is -0.508 e. The lowest BCUT2D eigenvalue weighted by Crippen LogP contribution is -2.65. The highest BCUT2D eigenvalue weighted by atomic mass is 33.1. The van der Waals surface area contributed by atoms with Gasteiger partial charge in [-0.1, -0.05) is 106 Å². The fraction of sp³-hybridized carbons (Fsp3) is 0.417. The molecule has 7 aromatic carbocycles. The summed E-state index contributed by atoms with van der Waals surface area (Å²) in [4.78, 5) is 31.0. The van der Waals surface area contributed by atoms with Gasteiger partial charge in [-0.15, -0.1) is 0 Å². The smallest absolute Gasteiger partial charge is 0.316 e. The lowest BCUT2D eigenvalue weighted by molar-refractivity contribution is -0.175. The molecule has 5 N–H and O–H groups in total. The Morgan fingerprint density at radius 3 is 2.48 bits per heavy atom. The average Bonchev–Trinajstić information content (AvgIpc) is 0.683. The van der Waals surface area contributed by atoms with Crippen molar-refractivity contribution in [2.75, 3.05) is 45.5 Å². The number of fused-ring (bicyclic) bond motifs is 11. The van der Waals surface area contributed by atoms with Crippen LogP contribution in [0.2, 0.25) is 0 Å². The number of rotatable bonds is 5. The number of hydrogen-bond acceptors (Lipinski definition) is 14. The van der Waals surface area contributed by atoms with E-state index in [1.807, 2.05) is 54.6 Å². The van der Waals surface area contributed by atoms with Crippen molar-refractivity contribution >= 4 is 55.1 Å². The SMILES string of the molecule is COC[C@H]1C#C[C@H]2C[C@@H]3CSSCCOc4cc5c(cc4O)C[C@H]4[C@@H]6[C@H]5C[C@@H](C[C@@H](OC(C)=O)[C@H]5Cc7cc(OC)c(O)cc7[C@H](C[C@@H]4O)[C@]65c4ccc5ccccc5c4)OC(=O)[C@](C2)(C3)c2ccc3cc(O)cc(c3c2)-c2cccc(c2)CNC1. The molecule has 14 heteroatoms. The number of esters is 2. The molecule has 14 rings (SSSR count). The molecule has 0 aromatic heterocycles. The van der Waals surface area contributed by atoms with Gasteiger partial charge in [0.15, 0.2) is 23.0 Å². The molecule has 86 heavy (non-hydrogen) atoms. The zero-order valence-electron chi connectivity index (χ0n) is 48.8. The molecule has 5 aliphatic carbocycles. The summed E-state index contributed by atoms with van der Waals surface area (Å²) in [5.41, 5.74) is 6.43. The predicted octanol–water partition coefficient (Wildman–Crippen LogP) is 12.5. The number of carbonyl (C=O) groups excluding carboxylic acids is 2. The van der Waals surface area contributed by atoms with Crippen LogP contribution in [0.5, 0.6) is 28.7 Å². The first kappa shape index (κ1) is 56.9. The minimum atomic E-state index is -1.21. The van der Waals surface area contributed by atoms with Crippen LogP contribution in [0.4, 0.5) is 0 Å². The van der Waals surface area contributed by atoms with Crippen LogP contribution >= 0.6 is 21.6 Å². The van der Waals surface area contributed by atoms with Crippen molar-refractivity contribution < 1.29 is 53.7 Å². The molecule has 2 aliphatic heterocycles. The van der Waals surface area contributed by atoms with E-state index in [-0.39, 0.29) is 65.1 Å². The Morgan fingerprint density at radius 2 is 1.63 bits per heavy atom. The highest BCUT2D eigenvalue weighted by Crippen LogP contribution is 2.70. The molecule has 444 valence electrons. The Bertz CT molecular complexity index is 3880. The maximum atomic E-state index is 16.9. The first-order valence-electron chi connectivity index (χ1n) is 30.6. The number of carbonyl (C=O) groups is 2. The van der Waals surface area contributed by atoms with Gasteiger partial charge in [0.05, 0.1) is 37.8 Å². The van der Waals surface area contributed by atoms with Gasteiger partial charge in [0.25, 0.3) is 0 Å². The van der Waals surface area contributed by atoms with E-state index in [1.54, 1.807) is 41.9 Å². The second kappa shape index (κ2) is 23.0. The van der Waals surface area contributed by atoms with E-state index in [9.17, 15) is 25.2 Å². The first-order chi connectivity index (χ1) is 41.8. The standard InChI is InChI=1S/C72H73NO11S2/c1-40(74)83-66-30-54-29-59-57-32-68(64(77)25-49(57)23-60-63(76)33-61-58-31-65(78)67(81-3)26-50(58)24-62(66)72(61,69(59)60)52-16-13-45-8-4-5-9-46(45)21-52)82-17-18-85-86-39-44-19-41-11-12-43(38-80-2)37-73-36-42-7-6-10-47(20-42)56-28-53(75)22-48-14-15-51(27-55(48)56)71(34-41,35-44)70(79)84-54/h4-10,13-16,20-22,25-28,31-32,41,43-44,54,59-63,66,69,73,75-78H,17-19,23-24,29-30,33-39H2,1-3H3/t41-,43-,44-,54-,59-,60+,61-,62+,63-,66+,69-,71+,72-/m0/s1. The summed E-state index contributed by atoms with van der Waals surface area (Å²) in [6.07, 6.45) is 0.933. The monoisotopic (exact) mass is 1190 g/mol. The number of methoxy groups -OCH3 is 2. The largest absolute Gasteiger partial charge is 0.508 e. The third-order valence-corrected chi connectivity index (χ3v) is 23.1. The number of aliphatic hydroxyl groups excluding tert-OH is 1. The molecule has 1 spiro atoms. The molecule has 7 aliphatic rings. The Morgan fingerprint density at radius 1 is 0.791 bits per heavy atom. The van der Waals surface area contributed by atoms with Gasteiger partial charge in [-0.3, -0.25) is 9.59 Å². The molecular weight excluding hydrogens is 1120 g/mol. The second-order valence-electron chi connectivity index (χ2n) is 25.5. The zero-order valence-corrected chi connectivity index (χ0v) is 50.4. The van der Waals surface area contributed by atoms with Crippen LogP contribution in [0.15, 0.2) is 121 Å². The first-order valence-corrected chi connectivity index (χ1v) is 33.0. The Kier molecular flexibility index (Phi) is 15.2. The van der Waals surface area contributed by atoms with Crippen molar-refractivity contribution in [1.82, 2.24) is 5.32 Å². The van der Waals surface area contributed by atoms with Gasteiger partial charge >= 0.3 is 11.9 Å². The van der Waals surface area contributed by atoms with E-state index in [1.165, 1.54) is 6.92 Å². The maximum Gasteiger partial charge on any atom is 0.316 e. The Balaban J connectivity index is 0.997. The summed E-state index contributed by atoms with van der Waals surface area (Å²) in [6.45, 7) is 3.45. The third kappa shape index (κ3) is 10.0. The van der Waals surface area contributed by atoms with E-state index >= 15 is 4.79 Å². The summed E-state index contributed by atoms with van der Waals surface area (Å²) < 4.78 is 32.5. The molecule has 0 radical (unpaired) electrons. The fourth-order valence-electron chi connectivity index (χ4n) is 17.3. The van der Waals surface area contributed by atoms with Crippen LogP contribution in [-0.4, -0.2) is 96.2 Å². The van der Waals surface area contributed by atoms with Crippen molar-refractivity contribution in [3.8, 4) is 51.7 Å². The van der Waals surface area contributed by atoms with Crippen LogP contribution < -0.4 is 14.8 Å². The average molecular weight is 1190 g/mol. The predicted molar refractivity (Wildman–Crippen MR) is 336 cm³/mol. The van der Waals surface area contributed by atoms with Gasteiger partial charge in [-0.2, -0.15) is 0 Å². The van der Waals surface area contributed by atoms with Crippen LogP contribution in [0, 0.1) is 47.3 Å². The number of benzene rings is 7. The van der Waals surface area contributed by atoms with Crippen molar-refractivity contribution in [3.05, 3.63) is 160 Å². The second-order valence-corrected chi connectivity index (χ2v) is 28.1. The van der Waals surface area contributed by atoms with Crippen LogP contribution in [0.1, 0.15) is 96.2 Å². The lowest BCUT2D eigenvalue weighted by Gasteiger charge is -2.66. The Labute approximate surface area is 510 Å². The summed E-state index contributed by atoms with van der Waals surface area (Å²) in [5.74, 6) is 6.64. The van der Waals surface area contributed by atoms with Crippen LogP contribution in [0.3, 0.4) is 0 Å². The van der Waals surface area contributed by atoms with Gasteiger partial charge in [-0.05, 0) is 195 Å². The number of phenolic OH excluding ortho intramolecular Hbond substituents is 3. The van der Waals surface area contributed by atoms with Crippen molar-refractivity contribution in [3.63, 3.8) is 0 Å².